The number of methoxy groups -OCH3 is 1. The minimum absolute atomic E-state index is 0.168. The molecular formula is C15H29NO2. The van der Waals surface area contributed by atoms with Crippen molar-refractivity contribution >= 4 is 5.91 Å². The third-order valence-corrected chi connectivity index (χ3v) is 4.19. The van der Waals surface area contributed by atoms with Crippen LogP contribution in [0.5, 0.6) is 0 Å². The van der Waals surface area contributed by atoms with E-state index in [-0.39, 0.29) is 11.9 Å². The van der Waals surface area contributed by atoms with E-state index < -0.39 is 0 Å². The van der Waals surface area contributed by atoms with Gasteiger partial charge in [-0.3, -0.25) is 4.79 Å². The second-order valence-electron chi connectivity index (χ2n) is 5.71. The summed E-state index contributed by atoms with van der Waals surface area (Å²) in [7, 11) is 1.68. The fraction of sp³-hybridized carbons (Fsp3) is 0.933. The SMILES string of the molecule is CCC(COC)NC(=O)CC(C)C1CCCCC1. The molecule has 2 atom stereocenters. The highest BCUT2D eigenvalue weighted by Gasteiger charge is 2.22. The molecule has 1 aliphatic carbocycles. The van der Waals surface area contributed by atoms with Crippen molar-refractivity contribution in [3.05, 3.63) is 0 Å². The molecule has 1 saturated carbocycles. The van der Waals surface area contributed by atoms with Crippen LogP contribution in [0.15, 0.2) is 0 Å². The van der Waals surface area contributed by atoms with Crippen molar-refractivity contribution in [2.24, 2.45) is 11.8 Å². The lowest BCUT2D eigenvalue weighted by Crippen LogP contribution is -2.38. The molecule has 0 aliphatic heterocycles. The Hall–Kier alpha value is -0.570. The summed E-state index contributed by atoms with van der Waals surface area (Å²) in [5.74, 6) is 1.47. The number of amides is 1. The zero-order valence-electron chi connectivity index (χ0n) is 12.2. The second-order valence-corrected chi connectivity index (χ2v) is 5.71. The van der Waals surface area contributed by atoms with Crippen molar-refractivity contribution in [2.75, 3.05) is 13.7 Å². The van der Waals surface area contributed by atoms with Crippen molar-refractivity contribution in [1.29, 1.82) is 0 Å². The summed E-state index contributed by atoms with van der Waals surface area (Å²) in [5, 5.41) is 3.07. The topological polar surface area (TPSA) is 38.3 Å². The van der Waals surface area contributed by atoms with Gasteiger partial charge >= 0.3 is 0 Å². The van der Waals surface area contributed by atoms with E-state index in [0.717, 1.165) is 12.3 Å². The maximum absolute atomic E-state index is 12.0. The summed E-state index contributed by atoms with van der Waals surface area (Å²) in [6.07, 6.45) is 8.28. The molecule has 0 aromatic carbocycles. The van der Waals surface area contributed by atoms with Crippen LogP contribution in [0.25, 0.3) is 0 Å². The Labute approximate surface area is 112 Å². The van der Waals surface area contributed by atoms with E-state index in [1.807, 2.05) is 0 Å². The Bertz CT molecular complexity index is 237. The van der Waals surface area contributed by atoms with Gasteiger partial charge in [0.25, 0.3) is 0 Å². The van der Waals surface area contributed by atoms with Crippen LogP contribution in [0.2, 0.25) is 0 Å². The fourth-order valence-corrected chi connectivity index (χ4v) is 2.91. The second kappa shape index (κ2) is 8.52. The van der Waals surface area contributed by atoms with Gasteiger partial charge in [-0.05, 0) is 18.3 Å². The third kappa shape index (κ3) is 5.38. The largest absolute Gasteiger partial charge is 0.383 e. The molecule has 0 heterocycles. The maximum atomic E-state index is 12.0. The Morgan fingerprint density at radius 3 is 2.56 bits per heavy atom. The number of nitrogens with one attached hydrogen (secondary N) is 1. The first kappa shape index (κ1) is 15.5. The lowest BCUT2D eigenvalue weighted by atomic mass is 9.79. The standard InChI is InChI=1S/C15H29NO2/c1-4-14(11-18-3)16-15(17)10-12(2)13-8-6-5-7-9-13/h12-14H,4-11H2,1-3H3,(H,16,17). The van der Waals surface area contributed by atoms with E-state index in [1.165, 1.54) is 32.1 Å². The van der Waals surface area contributed by atoms with Crippen LogP contribution in [-0.4, -0.2) is 25.7 Å². The molecule has 1 amide bonds. The molecule has 1 N–H and O–H groups in total. The van der Waals surface area contributed by atoms with Crippen molar-refractivity contribution < 1.29 is 9.53 Å². The first-order valence-electron chi connectivity index (χ1n) is 7.45. The molecule has 1 aliphatic rings. The van der Waals surface area contributed by atoms with E-state index in [2.05, 4.69) is 19.2 Å². The molecule has 106 valence electrons. The third-order valence-electron chi connectivity index (χ3n) is 4.19. The molecule has 2 unspecified atom stereocenters. The summed E-state index contributed by atoms with van der Waals surface area (Å²) >= 11 is 0. The zero-order valence-corrected chi connectivity index (χ0v) is 12.2. The molecule has 0 saturated heterocycles. The minimum atomic E-state index is 0.168. The van der Waals surface area contributed by atoms with Crippen molar-refractivity contribution in [2.45, 2.75) is 64.8 Å². The maximum Gasteiger partial charge on any atom is 0.220 e. The van der Waals surface area contributed by atoms with Crippen LogP contribution in [0.3, 0.4) is 0 Å². The smallest absolute Gasteiger partial charge is 0.220 e. The van der Waals surface area contributed by atoms with E-state index >= 15 is 0 Å². The van der Waals surface area contributed by atoms with Crippen LogP contribution in [0.4, 0.5) is 0 Å². The molecule has 0 radical (unpaired) electrons. The van der Waals surface area contributed by atoms with Crippen molar-refractivity contribution in [3.8, 4) is 0 Å². The zero-order chi connectivity index (χ0) is 13.4. The minimum Gasteiger partial charge on any atom is -0.383 e. The highest BCUT2D eigenvalue weighted by atomic mass is 16.5. The van der Waals surface area contributed by atoms with Gasteiger partial charge < -0.3 is 10.1 Å². The van der Waals surface area contributed by atoms with Crippen molar-refractivity contribution in [3.63, 3.8) is 0 Å². The quantitative estimate of drug-likeness (QED) is 0.759. The highest BCUT2D eigenvalue weighted by Crippen LogP contribution is 2.31. The van der Waals surface area contributed by atoms with Crippen LogP contribution in [0, 0.1) is 11.8 Å². The first-order chi connectivity index (χ1) is 8.67. The molecule has 0 bridgehead atoms. The lowest BCUT2D eigenvalue weighted by Gasteiger charge is -2.27. The van der Waals surface area contributed by atoms with Gasteiger partial charge in [-0.1, -0.05) is 46.0 Å². The first-order valence-corrected chi connectivity index (χ1v) is 7.45. The number of hydrogen-bond acceptors (Lipinski definition) is 2. The Kier molecular flexibility index (Phi) is 7.33. The molecule has 18 heavy (non-hydrogen) atoms. The molecule has 0 aromatic heterocycles. The van der Waals surface area contributed by atoms with Gasteiger partial charge in [-0.2, -0.15) is 0 Å². The number of rotatable bonds is 7. The number of ether oxygens (including phenoxy) is 1. The van der Waals surface area contributed by atoms with Gasteiger partial charge in [-0.25, -0.2) is 0 Å². The number of carbonyl (C=O) groups excluding carboxylic acids is 1. The monoisotopic (exact) mass is 255 g/mol. The van der Waals surface area contributed by atoms with Gasteiger partial charge in [0.2, 0.25) is 5.91 Å². The van der Waals surface area contributed by atoms with Crippen molar-refractivity contribution in [1.82, 2.24) is 5.32 Å². The Balaban J connectivity index is 2.29. The molecule has 3 heteroatoms. The fourth-order valence-electron chi connectivity index (χ4n) is 2.91. The number of hydrogen-bond donors (Lipinski definition) is 1. The van der Waals surface area contributed by atoms with Gasteiger partial charge in [-0.15, -0.1) is 0 Å². The summed E-state index contributed by atoms with van der Waals surface area (Å²) in [6.45, 7) is 4.92. The summed E-state index contributed by atoms with van der Waals surface area (Å²) < 4.78 is 5.10. The molecule has 0 spiro atoms. The van der Waals surface area contributed by atoms with E-state index in [9.17, 15) is 4.79 Å². The van der Waals surface area contributed by atoms with Crippen LogP contribution >= 0.6 is 0 Å². The predicted octanol–water partition coefficient (Wildman–Crippen LogP) is 3.13. The highest BCUT2D eigenvalue weighted by molar-refractivity contribution is 5.76. The molecular weight excluding hydrogens is 226 g/mol. The van der Waals surface area contributed by atoms with Gasteiger partial charge in [0, 0.05) is 13.5 Å². The molecule has 3 nitrogen and oxygen atoms in total. The van der Waals surface area contributed by atoms with Crippen LogP contribution < -0.4 is 5.32 Å². The van der Waals surface area contributed by atoms with Gasteiger partial charge in [0.15, 0.2) is 0 Å². The normalized spacial score (nSPS) is 20.4. The van der Waals surface area contributed by atoms with Gasteiger partial charge in [0.1, 0.15) is 0 Å². The lowest BCUT2D eigenvalue weighted by molar-refractivity contribution is -0.123. The molecule has 0 aromatic rings. The van der Waals surface area contributed by atoms with Gasteiger partial charge in [0.05, 0.1) is 12.6 Å². The predicted molar refractivity (Wildman–Crippen MR) is 74.5 cm³/mol. The molecule has 1 rings (SSSR count). The Morgan fingerprint density at radius 2 is 2.00 bits per heavy atom. The molecule has 1 fully saturated rings. The van der Waals surface area contributed by atoms with Crippen LogP contribution in [-0.2, 0) is 9.53 Å². The van der Waals surface area contributed by atoms with Crippen LogP contribution in [0.1, 0.15) is 58.8 Å². The summed E-state index contributed by atoms with van der Waals surface area (Å²) in [6, 6.07) is 0.168. The summed E-state index contributed by atoms with van der Waals surface area (Å²) in [4.78, 5) is 12.0. The van der Waals surface area contributed by atoms with E-state index in [0.29, 0.717) is 18.9 Å². The average Bonchev–Trinajstić information content (AvgIpc) is 2.39. The van der Waals surface area contributed by atoms with E-state index in [1.54, 1.807) is 7.11 Å². The van der Waals surface area contributed by atoms with E-state index in [4.69, 9.17) is 4.74 Å². The Morgan fingerprint density at radius 1 is 1.33 bits per heavy atom. The average molecular weight is 255 g/mol. The number of carbonyl (C=O) groups is 1. The summed E-state index contributed by atoms with van der Waals surface area (Å²) in [5.41, 5.74) is 0.